The number of hydrogen-bond acceptors (Lipinski definition) is 2. The second-order valence-corrected chi connectivity index (χ2v) is 4.47. The maximum Gasteiger partial charge on any atom is 0.303 e. The van der Waals surface area contributed by atoms with E-state index in [1.807, 2.05) is 6.92 Å². The molecule has 1 rings (SSSR count). The summed E-state index contributed by atoms with van der Waals surface area (Å²) < 4.78 is 0. The lowest BCUT2D eigenvalue weighted by atomic mass is 10.1. The molecule has 0 radical (unpaired) electrons. The minimum atomic E-state index is -0.832. The van der Waals surface area contributed by atoms with Crippen molar-refractivity contribution >= 4 is 29.2 Å². The fraction of sp³-hybridized carbons (Fsp3) is 0.385. The Kier molecular flexibility index (Phi) is 5.65. The summed E-state index contributed by atoms with van der Waals surface area (Å²) in [5.74, 6) is -0.952. The predicted octanol–water partition coefficient (Wildman–Crippen LogP) is 3.23. The molecule has 1 aromatic carbocycles. The third kappa shape index (κ3) is 4.75. The van der Waals surface area contributed by atoms with E-state index in [1.165, 1.54) is 0 Å². The van der Waals surface area contributed by atoms with Gasteiger partial charge >= 0.3 is 5.97 Å². The number of benzene rings is 1. The van der Waals surface area contributed by atoms with Gasteiger partial charge in [-0.25, -0.2) is 0 Å². The molecule has 2 N–H and O–H groups in total. The van der Waals surface area contributed by atoms with E-state index in [0.29, 0.717) is 30.0 Å². The fourth-order valence-electron chi connectivity index (χ4n) is 1.52. The van der Waals surface area contributed by atoms with Crippen LogP contribution < -0.4 is 5.32 Å². The summed E-state index contributed by atoms with van der Waals surface area (Å²) in [5, 5.41) is 11.8. The molecule has 4 nitrogen and oxygen atoms in total. The number of halogens is 1. The average molecular weight is 270 g/mol. The highest BCUT2D eigenvalue weighted by molar-refractivity contribution is 6.31. The Balaban J connectivity index is 2.40. The molecule has 0 unspecified atom stereocenters. The van der Waals surface area contributed by atoms with E-state index in [2.05, 4.69) is 5.32 Å². The molecule has 98 valence electrons. The van der Waals surface area contributed by atoms with Gasteiger partial charge in [0.05, 0.1) is 0 Å². The molecule has 0 atom stereocenters. The van der Waals surface area contributed by atoms with Crippen molar-refractivity contribution < 1.29 is 14.7 Å². The number of aliphatic carboxylic acids is 1. The van der Waals surface area contributed by atoms with Gasteiger partial charge in [0.2, 0.25) is 5.91 Å². The Hall–Kier alpha value is -1.55. The first-order valence-electron chi connectivity index (χ1n) is 5.77. The SMILES string of the molecule is Cc1c(Cl)cccc1NC(=O)CCCCC(=O)O. The number of rotatable bonds is 6. The lowest BCUT2D eigenvalue weighted by Crippen LogP contribution is -2.12. The molecule has 0 bridgehead atoms. The summed E-state index contributed by atoms with van der Waals surface area (Å²) in [6.45, 7) is 1.84. The second-order valence-electron chi connectivity index (χ2n) is 4.06. The van der Waals surface area contributed by atoms with Crippen molar-refractivity contribution in [3.63, 3.8) is 0 Å². The Labute approximate surface area is 111 Å². The van der Waals surface area contributed by atoms with E-state index >= 15 is 0 Å². The minimum absolute atomic E-state index is 0.101. The van der Waals surface area contributed by atoms with Gasteiger partial charge in [-0.3, -0.25) is 9.59 Å². The summed E-state index contributed by atoms with van der Waals surface area (Å²) in [6.07, 6.45) is 1.50. The molecular formula is C13H16ClNO3. The molecule has 1 amide bonds. The number of unbranched alkanes of at least 4 members (excludes halogenated alkanes) is 1. The number of hydrogen-bond donors (Lipinski definition) is 2. The Morgan fingerprint density at radius 2 is 1.94 bits per heavy atom. The van der Waals surface area contributed by atoms with Gasteiger partial charge < -0.3 is 10.4 Å². The topological polar surface area (TPSA) is 66.4 Å². The van der Waals surface area contributed by atoms with E-state index in [-0.39, 0.29) is 12.3 Å². The van der Waals surface area contributed by atoms with Crippen LogP contribution in [0.25, 0.3) is 0 Å². The molecular weight excluding hydrogens is 254 g/mol. The van der Waals surface area contributed by atoms with E-state index in [1.54, 1.807) is 18.2 Å². The average Bonchev–Trinajstić information content (AvgIpc) is 2.30. The van der Waals surface area contributed by atoms with Crippen molar-refractivity contribution in [2.45, 2.75) is 32.6 Å². The summed E-state index contributed by atoms with van der Waals surface area (Å²) in [7, 11) is 0. The van der Waals surface area contributed by atoms with Crippen LogP contribution >= 0.6 is 11.6 Å². The summed E-state index contributed by atoms with van der Waals surface area (Å²) in [5.41, 5.74) is 1.53. The van der Waals surface area contributed by atoms with E-state index < -0.39 is 5.97 Å². The molecule has 18 heavy (non-hydrogen) atoms. The summed E-state index contributed by atoms with van der Waals surface area (Å²) in [6, 6.07) is 5.32. The van der Waals surface area contributed by atoms with Crippen LogP contribution in [0, 0.1) is 6.92 Å². The van der Waals surface area contributed by atoms with Crippen LogP contribution in [0.3, 0.4) is 0 Å². The number of carboxylic acid groups (broad SMARTS) is 1. The van der Waals surface area contributed by atoms with E-state index in [0.717, 1.165) is 5.56 Å². The number of amides is 1. The predicted molar refractivity (Wildman–Crippen MR) is 70.9 cm³/mol. The molecule has 0 saturated carbocycles. The lowest BCUT2D eigenvalue weighted by molar-refractivity contribution is -0.137. The first-order valence-corrected chi connectivity index (χ1v) is 6.15. The van der Waals surface area contributed by atoms with E-state index in [4.69, 9.17) is 16.7 Å². The van der Waals surface area contributed by atoms with Crippen molar-refractivity contribution in [1.29, 1.82) is 0 Å². The maximum atomic E-state index is 11.6. The molecule has 5 heteroatoms. The second kappa shape index (κ2) is 7.01. The standard InChI is InChI=1S/C13H16ClNO3/c1-9-10(14)5-4-6-11(9)15-12(16)7-2-3-8-13(17)18/h4-6H,2-3,7-8H2,1H3,(H,15,16)(H,17,18). The lowest BCUT2D eigenvalue weighted by Gasteiger charge is -2.09. The molecule has 0 aromatic heterocycles. The Bertz CT molecular complexity index is 446. The molecule has 1 aromatic rings. The normalized spacial score (nSPS) is 10.1. The van der Waals surface area contributed by atoms with Crippen LogP contribution in [-0.4, -0.2) is 17.0 Å². The van der Waals surface area contributed by atoms with Crippen LogP contribution in [0.2, 0.25) is 5.02 Å². The maximum absolute atomic E-state index is 11.6. The van der Waals surface area contributed by atoms with Crippen molar-refractivity contribution in [2.24, 2.45) is 0 Å². The van der Waals surface area contributed by atoms with Crippen molar-refractivity contribution in [2.75, 3.05) is 5.32 Å². The molecule has 0 aliphatic rings. The third-order valence-corrected chi connectivity index (χ3v) is 3.00. The molecule has 0 aliphatic carbocycles. The molecule has 0 spiro atoms. The largest absolute Gasteiger partial charge is 0.481 e. The zero-order valence-corrected chi connectivity index (χ0v) is 11.0. The van der Waals surface area contributed by atoms with Crippen LogP contribution in [0.4, 0.5) is 5.69 Å². The van der Waals surface area contributed by atoms with Crippen LogP contribution in [0.15, 0.2) is 18.2 Å². The van der Waals surface area contributed by atoms with Gasteiger partial charge in [-0.15, -0.1) is 0 Å². The first kappa shape index (κ1) is 14.5. The van der Waals surface area contributed by atoms with Crippen LogP contribution in [0.1, 0.15) is 31.2 Å². The van der Waals surface area contributed by atoms with E-state index in [9.17, 15) is 9.59 Å². The summed E-state index contributed by atoms with van der Waals surface area (Å²) in [4.78, 5) is 21.9. The van der Waals surface area contributed by atoms with Gasteiger partial charge in [0, 0.05) is 23.6 Å². The Morgan fingerprint density at radius 1 is 1.28 bits per heavy atom. The first-order chi connectivity index (χ1) is 8.50. The van der Waals surface area contributed by atoms with Crippen LogP contribution in [-0.2, 0) is 9.59 Å². The zero-order chi connectivity index (χ0) is 13.5. The molecule has 0 heterocycles. The zero-order valence-electron chi connectivity index (χ0n) is 10.2. The number of carbonyl (C=O) groups is 2. The monoisotopic (exact) mass is 269 g/mol. The molecule has 0 aliphatic heterocycles. The number of nitrogens with one attached hydrogen (secondary N) is 1. The molecule has 0 saturated heterocycles. The van der Waals surface area contributed by atoms with Gasteiger partial charge in [0.25, 0.3) is 0 Å². The van der Waals surface area contributed by atoms with Gasteiger partial charge in [0.15, 0.2) is 0 Å². The number of carboxylic acids is 1. The van der Waals surface area contributed by atoms with Gasteiger partial charge in [-0.2, -0.15) is 0 Å². The van der Waals surface area contributed by atoms with Gasteiger partial charge in [0.1, 0.15) is 0 Å². The van der Waals surface area contributed by atoms with Crippen molar-refractivity contribution in [1.82, 2.24) is 0 Å². The minimum Gasteiger partial charge on any atom is -0.481 e. The van der Waals surface area contributed by atoms with Crippen LogP contribution in [0.5, 0.6) is 0 Å². The highest BCUT2D eigenvalue weighted by Crippen LogP contribution is 2.23. The third-order valence-electron chi connectivity index (χ3n) is 2.59. The highest BCUT2D eigenvalue weighted by Gasteiger charge is 2.07. The number of carbonyl (C=O) groups excluding carboxylic acids is 1. The molecule has 0 fully saturated rings. The number of anilines is 1. The fourth-order valence-corrected chi connectivity index (χ4v) is 1.69. The Morgan fingerprint density at radius 3 is 2.61 bits per heavy atom. The van der Waals surface area contributed by atoms with Gasteiger partial charge in [-0.05, 0) is 37.5 Å². The smallest absolute Gasteiger partial charge is 0.303 e. The van der Waals surface area contributed by atoms with Gasteiger partial charge in [-0.1, -0.05) is 17.7 Å². The van der Waals surface area contributed by atoms with Crippen molar-refractivity contribution in [3.8, 4) is 0 Å². The highest BCUT2D eigenvalue weighted by atomic mass is 35.5. The summed E-state index contributed by atoms with van der Waals surface area (Å²) >= 11 is 5.94. The quantitative estimate of drug-likeness (QED) is 0.779. The van der Waals surface area contributed by atoms with Crippen molar-refractivity contribution in [3.05, 3.63) is 28.8 Å².